The number of amides is 1. The topological polar surface area (TPSA) is 94.8 Å². The molecule has 11 heteroatoms. The summed E-state index contributed by atoms with van der Waals surface area (Å²) >= 11 is 10.5. The number of hydrogen-bond acceptors (Lipinski definition) is 6. The Balaban J connectivity index is 1.63. The molecule has 202 valence electrons. The van der Waals surface area contributed by atoms with Crippen LogP contribution >= 0.6 is 47.8 Å². The molecule has 0 bridgehead atoms. The fourth-order valence-electron chi connectivity index (χ4n) is 3.84. The lowest BCUT2D eigenvalue weighted by atomic mass is 10.2. The van der Waals surface area contributed by atoms with Crippen molar-refractivity contribution in [2.75, 3.05) is 19.0 Å². The Morgan fingerprint density at radius 2 is 1.90 bits per heavy atom. The largest absolute Gasteiger partial charge is 0.493 e. The second-order valence-corrected chi connectivity index (χ2v) is 11.1. The molecule has 0 aliphatic rings. The third-order valence-corrected chi connectivity index (χ3v) is 8.44. The van der Waals surface area contributed by atoms with E-state index in [0.717, 1.165) is 22.1 Å². The van der Waals surface area contributed by atoms with Gasteiger partial charge in [0, 0.05) is 26.6 Å². The number of nitrogens with one attached hydrogen (secondary N) is 1. The molecule has 4 aromatic rings. The number of carbonyl (C=O) groups is 1. The Bertz CT molecular complexity index is 1640. The highest BCUT2D eigenvalue weighted by molar-refractivity contribution is 9.13. The van der Waals surface area contributed by atoms with Gasteiger partial charge in [0.1, 0.15) is 5.82 Å². The second kappa shape index (κ2) is 12.9. The van der Waals surface area contributed by atoms with Crippen LogP contribution in [0.4, 0.5) is 5.69 Å². The van der Waals surface area contributed by atoms with E-state index in [4.69, 9.17) is 9.47 Å². The number of anilines is 1. The average Bonchev–Trinajstić information content (AvgIpc) is 2.92. The van der Waals surface area contributed by atoms with Crippen molar-refractivity contribution in [3.8, 4) is 11.5 Å². The summed E-state index contributed by atoms with van der Waals surface area (Å²) in [5.41, 5.74) is 2.66. The molecule has 3 aromatic carbocycles. The normalized spacial score (nSPS) is 11.2. The molecule has 8 nitrogen and oxygen atoms in total. The van der Waals surface area contributed by atoms with Crippen LogP contribution in [0, 0.1) is 6.92 Å². The maximum atomic E-state index is 13.3. The quantitative estimate of drug-likeness (QED) is 0.191. The standard InChI is InChI=1S/C28H25Br3N4O4/c1-4-7-23-33-21-11-10-18(29)13-19(21)28(37)35(23)32-14-17-12-22(38-3)27(26(31)25(17)30)39-15-24(36)34-20-9-6-5-8-16(20)2/h5-6,8-14H,4,7,15H2,1-3H3,(H,34,36). The Kier molecular flexibility index (Phi) is 9.58. The molecule has 1 amide bonds. The van der Waals surface area contributed by atoms with Crippen LogP contribution < -0.4 is 20.3 Å². The summed E-state index contributed by atoms with van der Waals surface area (Å²) in [6.07, 6.45) is 2.94. The van der Waals surface area contributed by atoms with Crippen molar-refractivity contribution in [3.05, 3.63) is 89.3 Å². The molecular weight excluding hydrogens is 696 g/mol. The third-order valence-electron chi connectivity index (χ3n) is 5.80. The van der Waals surface area contributed by atoms with Crippen LogP contribution in [0.1, 0.15) is 30.3 Å². The lowest BCUT2D eigenvalue weighted by molar-refractivity contribution is -0.118. The molecule has 0 saturated heterocycles. The molecule has 1 heterocycles. The minimum absolute atomic E-state index is 0.225. The summed E-state index contributed by atoms with van der Waals surface area (Å²) in [6, 6.07) is 14.6. The maximum Gasteiger partial charge on any atom is 0.282 e. The number of halogens is 3. The first-order valence-electron chi connectivity index (χ1n) is 12.0. The number of ether oxygens (including phenoxy) is 2. The van der Waals surface area contributed by atoms with Gasteiger partial charge in [-0.1, -0.05) is 41.1 Å². The minimum atomic E-state index is -0.307. The van der Waals surface area contributed by atoms with Crippen LogP contribution in [-0.2, 0) is 11.2 Å². The summed E-state index contributed by atoms with van der Waals surface area (Å²) in [4.78, 5) is 30.5. The zero-order chi connectivity index (χ0) is 28.1. The van der Waals surface area contributed by atoms with Crippen LogP contribution in [0.5, 0.6) is 11.5 Å². The molecule has 0 aliphatic carbocycles. The highest BCUT2D eigenvalue weighted by atomic mass is 79.9. The first kappa shape index (κ1) is 29.0. The van der Waals surface area contributed by atoms with Gasteiger partial charge in [-0.25, -0.2) is 4.98 Å². The van der Waals surface area contributed by atoms with E-state index < -0.39 is 0 Å². The summed E-state index contributed by atoms with van der Waals surface area (Å²) in [5, 5.41) is 7.81. The van der Waals surface area contributed by atoms with Crippen molar-refractivity contribution in [2.45, 2.75) is 26.7 Å². The van der Waals surface area contributed by atoms with E-state index in [1.54, 1.807) is 18.3 Å². The van der Waals surface area contributed by atoms with Gasteiger partial charge in [-0.3, -0.25) is 9.59 Å². The molecule has 0 radical (unpaired) electrons. The van der Waals surface area contributed by atoms with Crippen molar-refractivity contribution >= 4 is 76.5 Å². The Morgan fingerprint density at radius 3 is 2.62 bits per heavy atom. The number of rotatable bonds is 9. The van der Waals surface area contributed by atoms with Gasteiger partial charge in [0.25, 0.3) is 11.5 Å². The van der Waals surface area contributed by atoms with Crippen LogP contribution in [-0.4, -0.2) is 35.5 Å². The van der Waals surface area contributed by atoms with E-state index >= 15 is 0 Å². The smallest absolute Gasteiger partial charge is 0.282 e. The zero-order valence-electron chi connectivity index (χ0n) is 21.4. The van der Waals surface area contributed by atoms with Gasteiger partial charge in [-0.15, -0.1) is 0 Å². The fraction of sp³-hybridized carbons (Fsp3) is 0.214. The van der Waals surface area contributed by atoms with Crippen molar-refractivity contribution in [3.63, 3.8) is 0 Å². The first-order valence-corrected chi connectivity index (χ1v) is 14.4. The molecule has 0 spiro atoms. The average molecular weight is 721 g/mol. The lowest BCUT2D eigenvalue weighted by Gasteiger charge is -2.16. The Hall–Kier alpha value is -3.02. The van der Waals surface area contributed by atoms with E-state index in [9.17, 15) is 9.59 Å². The zero-order valence-corrected chi connectivity index (χ0v) is 26.2. The number of fused-ring (bicyclic) bond motifs is 1. The summed E-state index contributed by atoms with van der Waals surface area (Å²) < 4.78 is 14.6. The highest BCUT2D eigenvalue weighted by Crippen LogP contribution is 2.42. The number of nitrogens with zero attached hydrogens (tertiary/aromatic N) is 3. The van der Waals surface area contributed by atoms with E-state index in [-0.39, 0.29) is 18.1 Å². The molecule has 1 aromatic heterocycles. The fourth-order valence-corrected chi connectivity index (χ4v) is 5.14. The van der Waals surface area contributed by atoms with Crippen LogP contribution in [0.25, 0.3) is 10.9 Å². The van der Waals surface area contributed by atoms with Gasteiger partial charge in [0.2, 0.25) is 0 Å². The maximum absolute atomic E-state index is 13.3. The number of benzene rings is 3. The number of aromatic nitrogens is 2. The lowest BCUT2D eigenvalue weighted by Crippen LogP contribution is -2.22. The van der Waals surface area contributed by atoms with Crippen molar-refractivity contribution in [1.82, 2.24) is 9.66 Å². The molecule has 0 saturated carbocycles. The molecule has 39 heavy (non-hydrogen) atoms. The molecule has 4 rings (SSSR count). The number of para-hydroxylation sites is 1. The van der Waals surface area contributed by atoms with Gasteiger partial charge < -0.3 is 14.8 Å². The molecule has 0 aliphatic heterocycles. The van der Waals surface area contributed by atoms with E-state index in [1.165, 1.54) is 11.8 Å². The van der Waals surface area contributed by atoms with Crippen LogP contribution in [0.2, 0.25) is 0 Å². The molecule has 1 N–H and O–H groups in total. The molecule has 0 unspecified atom stereocenters. The van der Waals surface area contributed by atoms with Gasteiger partial charge in [-0.05, 0) is 81.1 Å². The Morgan fingerprint density at radius 1 is 1.13 bits per heavy atom. The number of aryl methyl sites for hydroxylation is 2. The van der Waals surface area contributed by atoms with E-state index in [0.29, 0.717) is 49.2 Å². The first-order chi connectivity index (χ1) is 18.7. The predicted octanol–water partition coefficient (Wildman–Crippen LogP) is 6.85. The monoisotopic (exact) mass is 718 g/mol. The van der Waals surface area contributed by atoms with Crippen LogP contribution in [0.15, 0.2) is 71.8 Å². The van der Waals surface area contributed by atoms with E-state index in [1.807, 2.05) is 50.2 Å². The summed E-state index contributed by atoms with van der Waals surface area (Å²) in [5.74, 6) is 0.994. The number of carbonyl (C=O) groups excluding carboxylic acids is 1. The van der Waals surface area contributed by atoms with Crippen molar-refractivity contribution in [1.29, 1.82) is 0 Å². The number of hydrogen-bond donors (Lipinski definition) is 1. The number of methoxy groups -OCH3 is 1. The molecule has 0 atom stereocenters. The molecular formula is C28H25Br3N4O4. The van der Waals surface area contributed by atoms with Gasteiger partial charge in [-0.2, -0.15) is 9.78 Å². The third kappa shape index (κ3) is 6.59. The van der Waals surface area contributed by atoms with E-state index in [2.05, 4.69) is 63.2 Å². The van der Waals surface area contributed by atoms with Gasteiger partial charge in [0.05, 0.1) is 28.7 Å². The second-order valence-electron chi connectivity index (χ2n) is 8.58. The highest BCUT2D eigenvalue weighted by Gasteiger charge is 2.18. The molecule has 0 fully saturated rings. The predicted molar refractivity (Wildman–Crippen MR) is 164 cm³/mol. The SMILES string of the molecule is CCCc1nc2ccc(Br)cc2c(=O)n1N=Cc1cc(OC)c(OCC(=O)Nc2ccccc2C)c(Br)c1Br. The van der Waals surface area contributed by atoms with Crippen LogP contribution in [0.3, 0.4) is 0 Å². The summed E-state index contributed by atoms with van der Waals surface area (Å²) in [7, 11) is 1.51. The van der Waals surface area contributed by atoms with Crippen molar-refractivity contribution < 1.29 is 14.3 Å². The van der Waals surface area contributed by atoms with Crippen molar-refractivity contribution in [2.24, 2.45) is 5.10 Å². The summed E-state index contributed by atoms with van der Waals surface area (Å²) in [6.45, 7) is 3.71. The van der Waals surface area contributed by atoms with Gasteiger partial charge in [0.15, 0.2) is 18.1 Å². The Labute approximate surface area is 250 Å². The van der Waals surface area contributed by atoms with Gasteiger partial charge >= 0.3 is 0 Å². The minimum Gasteiger partial charge on any atom is -0.493 e.